The topological polar surface area (TPSA) is 29.9 Å². The molecule has 4 heteroatoms. The highest BCUT2D eigenvalue weighted by molar-refractivity contribution is 9.10. The van der Waals surface area contributed by atoms with E-state index in [0.717, 1.165) is 16.7 Å². The third kappa shape index (κ3) is 3.67. The van der Waals surface area contributed by atoms with Gasteiger partial charge in [0.25, 0.3) is 0 Å². The van der Waals surface area contributed by atoms with Crippen LogP contribution in [-0.4, -0.2) is 15.3 Å². The molecule has 0 aliphatic carbocycles. The zero-order valence-corrected chi connectivity index (χ0v) is 13.5. The first-order valence-electron chi connectivity index (χ1n) is 6.41. The van der Waals surface area contributed by atoms with Crippen molar-refractivity contribution in [3.05, 3.63) is 46.2 Å². The number of rotatable bonds is 3. The van der Waals surface area contributed by atoms with E-state index in [9.17, 15) is 0 Å². The lowest BCUT2D eigenvalue weighted by Gasteiger charge is -2.20. The predicted molar refractivity (Wildman–Crippen MR) is 82.6 cm³/mol. The first kappa shape index (κ1) is 14.3. The van der Waals surface area contributed by atoms with Crippen LogP contribution in [0.4, 0.5) is 0 Å². The molecule has 0 amide bonds. The summed E-state index contributed by atoms with van der Waals surface area (Å²) in [4.78, 5) is 0. The molecule has 0 aliphatic rings. The molecule has 1 heterocycles. The SMILES string of the molecule is Cc1c(CNC(C)(C)C)cnn1-c1ccc(Br)cc1. The molecule has 0 fully saturated rings. The lowest BCUT2D eigenvalue weighted by atomic mass is 10.1. The molecule has 0 spiro atoms. The third-order valence-electron chi connectivity index (χ3n) is 2.99. The second-order valence-electron chi connectivity index (χ2n) is 5.75. The lowest BCUT2D eigenvalue weighted by Crippen LogP contribution is -2.35. The Bertz CT molecular complexity index is 550. The maximum absolute atomic E-state index is 4.48. The van der Waals surface area contributed by atoms with Gasteiger partial charge in [-0.3, -0.25) is 0 Å². The zero-order chi connectivity index (χ0) is 14.0. The van der Waals surface area contributed by atoms with Crippen LogP contribution in [0.3, 0.4) is 0 Å². The monoisotopic (exact) mass is 321 g/mol. The number of nitrogens with zero attached hydrogens (tertiary/aromatic N) is 2. The van der Waals surface area contributed by atoms with Gasteiger partial charge in [-0.15, -0.1) is 0 Å². The summed E-state index contributed by atoms with van der Waals surface area (Å²) in [5.74, 6) is 0. The molecular weight excluding hydrogens is 302 g/mol. The van der Waals surface area contributed by atoms with Crippen molar-refractivity contribution in [3.8, 4) is 5.69 Å². The van der Waals surface area contributed by atoms with Crippen molar-refractivity contribution >= 4 is 15.9 Å². The minimum Gasteiger partial charge on any atom is -0.308 e. The minimum atomic E-state index is 0.117. The van der Waals surface area contributed by atoms with Crippen LogP contribution in [0.25, 0.3) is 5.69 Å². The van der Waals surface area contributed by atoms with Gasteiger partial charge in [-0.25, -0.2) is 4.68 Å². The Morgan fingerprint density at radius 3 is 2.42 bits per heavy atom. The number of aromatic nitrogens is 2. The first-order valence-corrected chi connectivity index (χ1v) is 7.20. The standard InChI is InChI=1S/C15H20BrN3/c1-11-12(9-17-15(2,3)4)10-18-19(11)14-7-5-13(16)6-8-14/h5-8,10,17H,9H2,1-4H3. The molecule has 0 saturated carbocycles. The van der Waals surface area contributed by atoms with Gasteiger partial charge in [0, 0.05) is 27.8 Å². The predicted octanol–water partition coefficient (Wildman–Crippen LogP) is 3.83. The number of hydrogen-bond donors (Lipinski definition) is 1. The van der Waals surface area contributed by atoms with Crippen LogP contribution in [0.1, 0.15) is 32.0 Å². The van der Waals surface area contributed by atoms with Crippen molar-refractivity contribution < 1.29 is 0 Å². The largest absolute Gasteiger partial charge is 0.308 e. The van der Waals surface area contributed by atoms with Crippen molar-refractivity contribution in [2.75, 3.05) is 0 Å². The number of halogens is 1. The second kappa shape index (κ2) is 5.47. The first-order chi connectivity index (χ1) is 8.87. The Kier molecular flexibility index (Phi) is 4.11. The van der Waals surface area contributed by atoms with Crippen LogP contribution in [0.15, 0.2) is 34.9 Å². The van der Waals surface area contributed by atoms with Gasteiger partial charge in [0.1, 0.15) is 0 Å². The minimum absolute atomic E-state index is 0.117. The Labute approximate surface area is 123 Å². The maximum Gasteiger partial charge on any atom is 0.0649 e. The second-order valence-corrected chi connectivity index (χ2v) is 6.66. The van der Waals surface area contributed by atoms with E-state index in [1.165, 1.54) is 11.3 Å². The van der Waals surface area contributed by atoms with Gasteiger partial charge in [-0.2, -0.15) is 5.10 Å². The van der Waals surface area contributed by atoms with E-state index in [-0.39, 0.29) is 5.54 Å². The highest BCUT2D eigenvalue weighted by Gasteiger charge is 2.12. The molecule has 1 N–H and O–H groups in total. The van der Waals surface area contributed by atoms with E-state index >= 15 is 0 Å². The molecule has 0 bridgehead atoms. The van der Waals surface area contributed by atoms with E-state index in [4.69, 9.17) is 0 Å². The molecule has 1 aromatic heterocycles. The third-order valence-corrected chi connectivity index (χ3v) is 3.52. The average molecular weight is 322 g/mol. The fourth-order valence-electron chi connectivity index (χ4n) is 1.82. The Morgan fingerprint density at radius 1 is 1.21 bits per heavy atom. The van der Waals surface area contributed by atoms with E-state index in [2.05, 4.69) is 66.2 Å². The van der Waals surface area contributed by atoms with E-state index in [1.54, 1.807) is 0 Å². The van der Waals surface area contributed by atoms with Gasteiger partial charge in [-0.1, -0.05) is 15.9 Å². The molecule has 0 unspecified atom stereocenters. The summed E-state index contributed by atoms with van der Waals surface area (Å²) < 4.78 is 3.06. The maximum atomic E-state index is 4.48. The van der Waals surface area contributed by atoms with Crippen molar-refractivity contribution in [1.29, 1.82) is 0 Å². The molecule has 102 valence electrons. The van der Waals surface area contributed by atoms with Crippen molar-refractivity contribution in [3.63, 3.8) is 0 Å². The Hall–Kier alpha value is -1.13. The Morgan fingerprint density at radius 2 is 1.84 bits per heavy atom. The molecule has 1 aromatic carbocycles. The fourth-order valence-corrected chi connectivity index (χ4v) is 2.08. The van der Waals surface area contributed by atoms with Crippen LogP contribution in [0.5, 0.6) is 0 Å². The van der Waals surface area contributed by atoms with Gasteiger partial charge in [0.15, 0.2) is 0 Å². The molecule has 19 heavy (non-hydrogen) atoms. The van der Waals surface area contributed by atoms with Crippen molar-refractivity contribution in [2.24, 2.45) is 0 Å². The quantitative estimate of drug-likeness (QED) is 0.931. The number of hydrogen-bond acceptors (Lipinski definition) is 2. The van der Waals surface area contributed by atoms with Gasteiger partial charge in [0.05, 0.1) is 11.9 Å². The summed E-state index contributed by atoms with van der Waals surface area (Å²) in [6.07, 6.45) is 1.94. The van der Waals surface area contributed by atoms with Crippen LogP contribution in [0, 0.1) is 6.92 Å². The van der Waals surface area contributed by atoms with Crippen LogP contribution >= 0.6 is 15.9 Å². The fraction of sp³-hybridized carbons (Fsp3) is 0.400. The van der Waals surface area contributed by atoms with E-state index in [1.807, 2.05) is 23.0 Å². The molecule has 2 rings (SSSR count). The Balaban J connectivity index is 2.20. The van der Waals surface area contributed by atoms with Gasteiger partial charge in [-0.05, 0) is 52.0 Å². The molecule has 3 nitrogen and oxygen atoms in total. The smallest absolute Gasteiger partial charge is 0.0649 e. The van der Waals surface area contributed by atoms with Crippen LogP contribution in [0.2, 0.25) is 0 Å². The van der Waals surface area contributed by atoms with Gasteiger partial charge in [0.2, 0.25) is 0 Å². The highest BCUT2D eigenvalue weighted by Crippen LogP contribution is 2.17. The van der Waals surface area contributed by atoms with Crippen molar-refractivity contribution in [1.82, 2.24) is 15.1 Å². The van der Waals surface area contributed by atoms with Crippen molar-refractivity contribution in [2.45, 2.75) is 39.8 Å². The summed E-state index contributed by atoms with van der Waals surface area (Å²) in [5, 5.41) is 7.97. The van der Waals surface area contributed by atoms with Gasteiger partial charge >= 0.3 is 0 Å². The van der Waals surface area contributed by atoms with Crippen LogP contribution < -0.4 is 5.32 Å². The summed E-state index contributed by atoms with van der Waals surface area (Å²) >= 11 is 3.45. The normalized spacial score (nSPS) is 11.8. The average Bonchev–Trinajstić information content (AvgIpc) is 2.68. The van der Waals surface area contributed by atoms with E-state index in [0.29, 0.717) is 0 Å². The number of benzene rings is 1. The summed E-state index contributed by atoms with van der Waals surface area (Å²) in [6, 6.07) is 8.18. The molecule has 0 saturated heterocycles. The lowest BCUT2D eigenvalue weighted by molar-refractivity contribution is 0.424. The number of nitrogens with one attached hydrogen (secondary N) is 1. The molecule has 0 aliphatic heterocycles. The summed E-state index contributed by atoms with van der Waals surface area (Å²) in [7, 11) is 0. The summed E-state index contributed by atoms with van der Waals surface area (Å²) in [5.41, 5.74) is 3.62. The molecule has 0 radical (unpaired) electrons. The molecular formula is C15H20BrN3. The van der Waals surface area contributed by atoms with Crippen LogP contribution in [-0.2, 0) is 6.54 Å². The molecule has 0 atom stereocenters. The highest BCUT2D eigenvalue weighted by atomic mass is 79.9. The van der Waals surface area contributed by atoms with Gasteiger partial charge < -0.3 is 5.32 Å². The van der Waals surface area contributed by atoms with E-state index < -0.39 is 0 Å². The zero-order valence-electron chi connectivity index (χ0n) is 11.9. The molecule has 2 aromatic rings. The summed E-state index contributed by atoms with van der Waals surface area (Å²) in [6.45, 7) is 9.45.